The van der Waals surface area contributed by atoms with E-state index < -0.39 is 0 Å². The molecule has 1 heterocycles. The van der Waals surface area contributed by atoms with E-state index in [9.17, 15) is 0 Å². The van der Waals surface area contributed by atoms with Gasteiger partial charge in [-0.15, -0.1) is 0 Å². The van der Waals surface area contributed by atoms with Gasteiger partial charge in [0.05, 0.1) is 6.61 Å². The van der Waals surface area contributed by atoms with Crippen molar-refractivity contribution in [3.8, 4) is 0 Å². The Morgan fingerprint density at radius 2 is 1.83 bits per heavy atom. The SMILES string of the molecule is COCC(NCCCN1CCN(C)CC1)C(C)C. The van der Waals surface area contributed by atoms with Crippen LogP contribution in [0.5, 0.6) is 0 Å². The van der Waals surface area contributed by atoms with Crippen LogP contribution >= 0.6 is 0 Å². The zero-order chi connectivity index (χ0) is 13.4. The number of hydrogen-bond donors (Lipinski definition) is 1. The van der Waals surface area contributed by atoms with E-state index in [1.54, 1.807) is 7.11 Å². The van der Waals surface area contributed by atoms with Crippen LogP contribution < -0.4 is 5.32 Å². The molecule has 4 heteroatoms. The lowest BCUT2D eigenvalue weighted by atomic mass is 10.1. The predicted molar refractivity (Wildman–Crippen MR) is 77.1 cm³/mol. The van der Waals surface area contributed by atoms with E-state index in [0.29, 0.717) is 12.0 Å². The molecule has 0 amide bonds. The van der Waals surface area contributed by atoms with Gasteiger partial charge in [0, 0.05) is 39.3 Å². The van der Waals surface area contributed by atoms with Gasteiger partial charge < -0.3 is 19.9 Å². The zero-order valence-electron chi connectivity index (χ0n) is 12.6. The summed E-state index contributed by atoms with van der Waals surface area (Å²) in [5.74, 6) is 0.633. The van der Waals surface area contributed by atoms with Crippen LogP contribution in [0.3, 0.4) is 0 Å². The van der Waals surface area contributed by atoms with Gasteiger partial charge in [-0.05, 0) is 32.5 Å². The third-order valence-electron chi connectivity index (χ3n) is 3.80. The topological polar surface area (TPSA) is 27.7 Å². The Balaban J connectivity index is 2.06. The van der Waals surface area contributed by atoms with Gasteiger partial charge in [0.2, 0.25) is 0 Å². The number of nitrogens with one attached hydrogen (secondary N) is 1. The lowest BCUT2D eigenvalue weighted by Gasteiger charge is -2.32. The van der Waals surface area contributed by atoms with Crippen molar-refractivity contribution in [2.24, 2.45) is 5.92 Å². The van der Waals surface area contributed by atoms with Crippen molar-refractivity contribution in [2.45, 2.75) is 26.3 Å². The molecule has 0 radical (unpaired) electrons. The molecule has 1 N–H and O–H groups in total. The van der Waals surface area contributed by atoms with Crippen LogP contribution in [0.15, 0.2) is 0 Å². The highest BCUT2D eigenvalue weighted by atomic mass is 16.5. The van der Waals surface area contributed by atoms with E-state index in [2.05, 4.69) is 36.0 Å². The number of nitrogens with zero attached hydrogens (tertiary/aromatic N) is 2. The molecular formula is C14H31N3O. The molecule has 1 unspecified atom stereocenters. The summed E-state index contributed by atoms with van der Waals surface area (Å²) in [6, 6.07) is 0.488. The number of ether oxygens (including phenoxy) is 1. The average Bonchev–Trinajstić information content (AvgIpc) is 2.35. The second kappa shape index (κ2) is 8.86. The van der Waals surface area contributed by atoms with Crippen molar-refractivity contribution >= 4 is 0 Å². The molecule has 18 heavy (non-hydrogen) atoms. The highest BCUT2D eigenvalue weighted by Crippen LogP contribution is 2.03. The number of likely N-dealkylation sites (N-methyl/N-ethyl adjacent to an activating group) is 1. The van der Waals surface area contributed by atoms with Crippen LogP contribution in [0.2, 0.25) is 0 Å². The fourth-order valence-electron chi connectivity index (χ4n) is 2.33. The van der Waals surface area contributed by atoms with E-state index in [-0.39, 0.29) is 0 Å². The Morgan fingerprint density at radius 1 is 1.17 bits per heavy atom. The zero-order valence-corrected chi connectivity index (χ0v) is 12.6. The van der Waals surface area contributed by atoms with Crippen molar-refractivity contribution in [3.05, 3.63) is 0 Å². The molecule has 0 aromatic carbocycles. The first-order valence-corrected chi connectivity index (χ1v) is 7.26. The smallest absolute Gasteiger partial charge is 0.0618 e. The van der Waals surface area contributed by atoms with E-state index in [0.717, 1.165) is 13.2 Å². The largest absolute Gasteiger partial charge is 0.383 e. The summed E-state index contributed by atoms with van der Waals surface area (Å²) in [6.45, 7) is 12.5. The molecule has 0 bridgehead atoms. The Labute approximate surface area is 113 Å². The van der Waals surface area contributed by atoms with Gasteiger partial charge in [-0.3, -0.25) is 0 Å². The average molecular weight is 257 g/mol. The van der Waals surface area contributed by atoms with Crippen LogP contribution in [0.4, 0.5) is 0 Å². The quantitative estimate of drug-likeness (QED) is 0.654. The molecule has 1 atom stereocenters. The number of rotatable bonds is 8. The first-order chi connectivity index (χ1) is 8.63. The van der Waals surface area contributed by atoms with Crippen molar-refractivity contribution < 1.29 is 4.74 Å². The molecule has 0 spiro atoms. The fraction of sp³-hybridized carbons (Fsp3) is 1.00. The highest BCUT2D eigenvalue weighted by Gasteiger charge is 2.14. The molecule has 1 aliphatic heterocycles. The van der Waals surface area contributed by atoms with Crippen LogP contribution in [-0.2, 0) is 4.74 Å². The minimum absolute atomic E-state index is 0.488. The molecule has 0 saturated carbocycles. The van der Waals surface area contributed by atoms with Crippen molar-refractivity contribution in [2.75, 3.05) is 60.0 Å². The molecule has 1 rings (SSSR count). The third-order valence-corrected chi connectivity index (χ3v) is 3.80. The van der Waals surface area contributed by atoms with Gasteiger partial charge >= 0.3 is 0 Å². The summed E-state index contributed by atoms with van der Waals surface area (Å²) in [6.07, 6.45) is 1.23. The monoisotopic (exact) mass is 257 g/mol. The van der Waals surface area contributed by atoms with Gasteiger partial charge in [-0.2, -0.15) is 0 Å². The minimum atomic E-state index is 0.488. The number of piperazine rings is 1. The molecule has 1 fully saturated rings. The maximum Gasteiger partial charge on any atom is 0.0618 e. The standard InChI is InChI=1S/C14H31N3O/c1-13(2)14(12-18-4)15-6-5-7-17-10-8-16(3)9-11-17/h13-15H,5-12H2,1-4H3. The molecular weight excluding hydrogens is 226 g/mol. The summed E-state index contributed by atoms with van der Waals surface area (Å²) >= 11 is 0. The summed E-state index contributed by atoms with van der Waals surface area (Å²) in [5.41, 5.74) is 0. The minimum Gasteiger partial charge on any atom is -0.383 e. The van der Waals surface area contributed by atoms with Crippen LogP contribution in [-0.4, -0.2) is 75.9 Å². The molecule has 4 nitrogen and oxygen atoms in total. The normalized spacial score (nSPS) is 20.5. The Morgan fingerprint density at radius 3 is 2.39 bits per heavy atom. The van der Waals surface area contributed by atoms with Gasteiger partial charge in [0.15, 0.2) is 0 Å². The summed E-state index contributed by atoms with van der Waals surface area (Å²) in [5, 5.41) is 3.61. The highest BCUT2D eigenvalue weighted by molar-refractivity contribution is 4.72. The van der Waals surface area contributed by atoms with Crippen LogP contribution in [0.25, 0.3) is 0 Å². The number of hydrogen-bond acceptors (Lipinski definition) is 4. The first-order valence-electron chi connectivity index (χ1n) is 7.26. The molecule has 0 aromatic heterocycles. The maximum atomic E-state index is 5.25. The Bertz CT molecular complexity index is 203. The van der Waals surface area contributed by atoms with Crippen molar-refractivity contribution in [1.29, 1.82) is 0 Å². The molecule has 108 valence electrons. The fourth-order valence-corrected chi connectivity index (χ4v) is 2.33. The summed E-state index contributed by atoms with van der Waals surface area (Å²) < 4.78 is 5.25. The van der Waals surface area contributed by atoms with E-state index in [1.165, 1.54) is 39.1 Å². The Hall–Kier alpha value is -0.160. The van der Waals surface area contributed by atoms with Crippen molar-refractivity contribution in [1.82, 2.24) is 15.1 Å². The predicted octanol–water partition coefficient (Wildman–Crippen LogP) is 0.885. The lowest BCUT2D eigenvalue weighted by molar-refractivity contribution is 0.139. The molecule has 1 saturated heterocycles. The van der Waals surface area contributed by atoms with Crippen molar-refractivity contribution in [3.63, 3.8) is 0 Å². The van der Waals surface area contributed by atoms with Gasteiger partial charge in [0.1, 0.15) is 0 Å². The molecule has 1 aliphatic rings. The second-order valence-corrected chi connectivity index (χ2v) is 5.76. The van der Waals surface area contributed by atoms with E-state index in [4.69, 9.17) is 4.74 Å². The molecule has 0 aromatic rings. The third kappa shape index (κ3) is 6.14. The van der Waals surface area contributed by atoms with Crippen LogP contribution in [0, 0.1) is 5.92 Å². The summed E-state index contributed by atoms with van der Waals surface area (Å²) in [4.78, 5) is 4.98. The van der Waals surface area contributed by atoms with E-state index >= 15 is 0 Å². The maximum absolute atomic E-state index is 5.25. The summed E-state index contributed by atoms with van der Waals surface area (Å²) in [7, 11) is 3.98. The van der Waals surface area contributed by atoms with Gasteiger partial charge in [0.25, 0.3) is 0 Å². The number of methoxy groups -OCH3 is 1. The Kier molecular flexibility index (Phi) is 7.82. The first kappa shape index (κ1) is 15.9. The van der Waals surface area contributed by atoms with Crippen LogP contribution in [0.1, 0.15) is 20.3 Å². The molecule has 0 aliphatic carbocycles. The van der Waals surface area contributed by atoms with Gasteiger partial charge in [-0.25, -0.2) is 0 Å². The lowest BCUT2D eigenvalue weighted by Crippen LogP contribution is -2.45. The van der Waals surface area contributed by atoms with E-state index in [1.807, 2.05) is 0 Å². The second-order valence-electron chi connectivity index (χ2n) is 5.76. The van der Waals surface area contributed by atoms with Gasteiger partial charge in [-0.1, -0.05) is 13.8 Å².